The van der Waals surface area contributed by atoms with Gasteiger partial charge in [-0.15, -0.1) is 0 Å². The lowest BCUT2D eigenvalue weighted by Gasteiger charge is -2.37. The first-order valence-corrected chi connectivity index (χ1v) is 9.57. The molecular formula is C23H30ClNO2. The number of methoxy groups -OCH3 is 1. The van der Waals surface area contributed by atoms with E-state index in [0.717, 1.165) is 29.0 Å². The van der Waals surface area contributed by atoms with Gasteiger partial charge in [0, 0.05) is 23.9 Å². The van der Waals surface area contributed by atoms with Crippen molar-refractivity contribution in [2.24, 2.45) is 5.92 Å². The Bertz CT molecular complexity index is 770. The zero-order valence-electron chi connectivity index (χ0n) is 16.9. The predicted molar refractivity (Wildman–Crippen MR) is 114 cm³/mol. The van der Waals surface area contributed by atoms with Crippen LogP contribution in [0.2, 0.25) is 5.02 Å². The highest BCUT2D eigenvalue weighted by Gasteiger charge is 2.36. The van der Waals surface area contributed by atoms with Crippen LogP contribution in [0.15, 0.2) is 54.1 Å². The monoisotopic (exact) mass is 387 g/mol. The molecule has 2 rings (SSSR count). The van der Waals surface area contributed by atoms with Crippen molar-refractivity contribution in [1.82, 2.24) is 4.90 Å². The zero-order valence-corrected chi connectivity index (χ0v) is 17.6. The van der Waals surface area contributed by atoms with Crippen LogP contribution in [0.3, 0.4) is 0 Å². The summed E-state index contributed by atoms with van der Waals surface area (Å²) in [7, 11) is 5.72. The lowest BCUT2D eigenvalue weighted by atomic mass is 9.77. The standard InChI is InChI=1S/C23H30ClNO2/c1-17(13-19-9-11-21(24)12-10-19)23(26,18(2)16-25(3)4)15-20-7-6-8-22(14-20)27-5/h6-14,18,26H,15-16H2,1-5H3/b17-13+. The minimum absolute atomic E-state index is 0.0438. The second-order valence-corrected chi connectivity index (χ2v) is 7.93. The zero-order chi connectivity index (χ0) is 20.0. The highest BCUT2D eigenvalue weighted by atomic mass is 35.5. The third kappa shape index (κ3) is 5.83. The molecule has 0 aromatic heterocycles. The maximum atomic E-state index is 11.8. The molecule has 2 atom stereocenters. The van der Waals surface area contributed by atoms with Crippen molar-refractivity contribution in [3.8, 4) is 5.75 Å². The Morgan fingerprint density at radius 3 is 2.48 bits per heavy atom. The van der Waals surface area contributed by atoms with E-state index >= 15 is 0 Å². The normalized spacial score (nSPS) is 15.5. The molecule has 0 bridgehead atoms. The SMILES string of the molecule is COc1cccc(CC(O)(/C(C)=C/c2ccc(Cl)cc2)C(C)CN(C)C)c1. The maximum Gasteiger partial charge on any atom is 0.119 e. The third-order valence-corrected chi connectivity index (χ3v) is 5.25. The first kappa shape index (κ1) is 21.5. The predicted octanol–water partition coefficient (Wildman–Crippen LogP) is 4.92. The van der Waals surface area contributed by atoms with Gasteiger partial charge in [-0.2, -0.15) is 0 Å². The van der Waals surface area contributed by atoms with Gasteiger partial charge in [0.1, 0.15) is 5.75 Å². The Labute approximate surface area is 168 Å². The molecule has 0 fully saturated rings. The van der Waals surface area contributed by atoms with Crippen molar-refractivity contribution in [1.29, 1.82) is 0 Å². The molecule has 2 aromatic rings. The number of nitrogens with zero attached hydrogens (tertiary/aromatic N) is 1. The number of halogens is 1. The fraction of sp³-hybridized carbons (Fsp3) is 0.391. The smallest absolute Gasteiger partial charge is 0.119 e. The molecule has 0 heterocycles. The maximum absolute atomic E-state index is 11.8. The van der Waals surface area contributed by atoms with Crippen molar-refractivity contribution < 1.29 is 9.84 Å². The van der Waals surface area contributed by atoms with Crippen LogP contribution < -0.4 is 4.74 Å². The minimum Gasteiger partial charge on any atom is -0.497 e. The van der Waals surface area contributed by atoms with Crippen molar-refractivity contribution in [2.75, 3.05) is 27.7 Å². The van der Waals surface area contributed by atoms with Crippen LogP contribution in [0, 0.1) is 5.92 Å². The van der Waals surface area contributed by atoms with Crippen LogP contribution in [0.4, 0.5) is 0 Å². The van der Waals surface area contributed by atoms with Gasteiger partial charge in [0.15, 0.2) is 0 Å². The topological polar surface area (TPSA) is 32.7 Å². The molecule has 0 amide bonds. The van der Waals surface area contributed by atoms with E-state index in [1.165, 1.54) is 0 Å². The molecule has 3 nitrogen and oxygen atoms in total. The first-order valence-electron chi connectivity index (χ1n) is 9.19. The summed E-state index contributed by atoms with van der Waals surface area (Å²) < 4.78 is 5.34. The number of hydrogen-bond donors (Lipinski definition) is 1. The Balaban J connectivity index is 2.40. The first-order chi connectivity index (χ1) is 12.7. The lowest BCUT2D eigenvalue weighted by molar-refractivity contribution is 0.0149. The molecule has 4 heteroatoms. The van der Waals surface area contributed by atoms with Crippen molar-refractivity contribution in [3.63, 3.8) is 0 Å². The van der Waals surface area contributed by atoms with Gasteiger partial charge in [-0.05, 0) is 62.0 Å². The number of aliphatic hydroxyl groups is 1. The molecule has 0 aliphatic carbocycles. The van der Waals surface area contributed by atoms with E-state index in [-0.39, 0.29) is 5.92 Å². The summed E-state index contributed by atoms with van der Waals surface area (Å²) in [4.78, 5) is 2.11. The minimum atomic E-state index is -0.976. The van der Waals surface area contributed by atoms with Crippen LogP contribution in [0.5, 0.6) is 5.75 Å². The summed E-state index contributed by atoms with van der Waals surface area (Å²) in [5.41, 5.74) is 2.03. The van der Waals surface area contributed by atoms with Crippen molar-refractivity contribution in [2.45, 2.75) is 25.9 Å². The van der Waals surface area contributed by atoms with Gasteiger partial charge in [-0.1, -0.05) is 48.9 Å². The quantitative estimate of drug-likeness (QED) is 0.697. The van der Waals surface area contributed by atoms with Gasteiger partial charge < -0.3 is 14.7 Å². The van der Waals surface area contributed by atoms with Crippen LogP contribution in [0.1, 0.15) is 25.0 Å². The van der Waals surface area contributed by atoms with E-state index in [4.69, 9.17) is 16.3 Å². The van der Waals surface area contributed by atoms with E-state index in [9.17, 15) is 5.11 Å². The van der Waals surface area contributed by atoms with Crippen LogP contribution >= 0.6 is 11.6 Å². The summed E-state index contributed by atoms with van der Waals surface area (Å²) >= 11 is 5.99. The molecular weight excluding hydrogens is 358 g/mol. The van der Waals surface area contributed by atoms with E-state index in [2.05, 4.69) is 11.8 Å². The summed E-state index contributed by atoms with van der Waals surface area (Å²) in [5, 5.41) is 12.5. The Morgan fingerprint density at radius 1 is 1.22 bits per heavy atom. The highest BCUT2D eigenvalue weighted by Crippen LogP contribution is 2.33. The van der Waals surface area contributed by atoms with Crippen LogP contribution in [-0.2, 0) is 6.42 Å². The molecule has 0 spiro atoms. The molecule has 0 saturated carbocycles. The summed E-state index contributed by atoms with van der Waals surface area (Å²) in [5.74, 6) is 0.844. The Kier molecular flexibility index (Phi) is 7.49. The summed E-state index contributed by atoms with van der Waals surface area (Å²) in [6, 6.07) is 15.6. The molecule has 2 unspecified atom stereocenters. The van der Waals surface area contributed by atoms with Crippen LogP contribution in [-0.4, -0.2) is 43.4 Å². The molecule has 0 aliphatic heterocycles. The average molecular weight is 388 g/mol. The molecule has 1 N–H and O–H groups in total. The van der Waals surface area contributed by atoms with Gasteiger partial charge in [0.05, 0.1) is 12.7 Å². The van der Waals surface area contributed by atoms with E-state index in [0.29, 0.717) is 11.4 Å². The van der Waals surface area contributed by atoms with Crippen molar-refractivity contribution >= 4 is 17.7 Å². The van der Waals surface area contributed by atoms with Gasteiger partial charge in [-0.3, -0.25) is 0 Å². The number of benzene rings is 2. The molecule has 146 valence electrons. The highest BCUT2D eigenvalue weighted by molar-refractivity contribution is 6.30. The summed E-state index contributed by atoms with van der Waals surface area (Å²) in [6.07, 6.45) is 2.57. The van der Waals surface area contributed by atoms with E-state index in [1.807, 2.05) is 75.6 Å². The number of rotatable bonds is 8. The number of ether oxygens (including phenoxy) is 1. The summed E-state index contributed by atoms with van der Waals surface area (Å²) in [6.45, 7) is 4.88. The lowest BCUT2D eigenvalue weighted by Crippen LogP contribution is -2.44. The molecule has 0 radical (unpaired) electrons. The van der Waals surface area contributed by atoms with Gasteiger partial charge >= 0.3 is 0 Å². The molecule has 0 aliphatic rings. The third-order valence-electron chi connectivity index (χ3n) is 5.00. The van der Waals surface area contributed by atoms with Crippen molar-refractivity contribution in [3.05, 3.63) is 70.3 Å². The molecule has 2 aromatic carbocycles. The van der Waals surface area contributed by atoms with Gasteiger partial charge in [0.2, 0.25) is 0 Å². The van der Waals surface area contributed by atoms with E-state index in [1.54, 1.807) is 7.11 Å². The molecule has 0 saturated heterocycles. The second kappa shape index (κ2) is 9.41. The van der Waals surface area contributed by atoms with Gasteiger partial charge in [-0.25, -0.2) is 0 Å². The Hall–Kier alpha value is -1.81. The number of hydrogen-bond acceptors (Lipinski definition) is 3. The molecule has 27 heavy (non-hydrogen) atoms. The largest absolute Gasteiger partial charge is 0.497 e. The van der Waals surface area contributed by atoms with E-state index < -0.39 is 5.60 Å². The average Bonchev–Trinajstić information content (AvgIpc) is 2.63. The Morgan fingerprint density at radius 2 is 1.89 bits per heavy atom. The van der Waals surface area contributed by atoms with Crippen LogP contribution in [0.25, 0.3) is 6.08 Å². The fourth-order valence-corrected chi connectivity index (χ4v) is 3.55. The fourth-order valence-electron chi connectivity index (χ4n) is 3.43. The van der Waals surface area contributed by atoms with Gasteiger partial charge in [0.25, 0.3) is 0 Å². The second-order valence-electron chi connectivity index (χ2n) is 7.49.